The first-order valence-corrected chi connectivity index (χ1v) is 9.52. The van der Waals surface area contributed by atoms with Crippen LogP contribution < -0.4 is 16.2 Å². The summed E-state index contributed by atoms with van der Waals surface area (Å²) in [5.74, 6) is 0.441. The Morgan fingerprint density at radius 3 is 2.93 bits per heavy atom. The van der Waals surface area contributed by atoms with Gasteiger partial charge in [-0.3, -0.25) is 14.6 Å². The van der Waals surface area contributed by atoms with Crippen molar-refractivity contribution in [2.75, 3.05) is 11.1 Å². The van der Waals surface area contributed by atoms with Gasteiger partial charge in [-0.05, 0) is 36.4 Å². The number of carbonyl (C=O) groups is 2. The molecule has 3 heterocycles. The highest BCUT2D eigenvalue weighted by Gasteiger charge is 2.42. The van der Waals surface area contributed by atoms with Gasteiger partial charge in [0.05, 0.1) is 29.7 Å². The first-order valence-electron chi connectivity index (χ1n) is 8.53. The van der Waals surface area contributed by atoms with Gasteiger partial charge < -0.3 is 9.73 Å². The topological polar surface area (TPSA) is 123 Å². The molecule has 2 amide bonds. The van der Waals surface area contributed by atoms with Crippen LogP contribution in [0.2, 0.25) is 0 Å². The van der Waals surface area contributed by atoms with Gasteiger partial charge in [-0.15, -0.1) is 5.10 Å². The number of hydrogen-bond acceptors (Lipinski definition) is 8. The number of hydrazone groups is 1. The van der Waals surface area contributed by atoms with Crippen molar-refractivity contribution in [3.05, 3.63) is 54.0 Å². The van der Waals surface area contributed by atoms with E-state index in [-0.39, 0.29) is 23.6 Å². The highest BCUT2D eigenvalue weighted by Crippen LogP contribution is 2.31. The second kappa shape index (κ2) is 7.75. The van der Waals surface area contributed by atoms with Crippen LogP contribution >= 0.6 is 11.8 Å². The maximum absolute atomic E-state index is 12.2. The highest BCUT2D eigenvalue weighted by molar-refractivity contribution is 8.14. The number of fused-ring (bicyclic) bond motifs is 1. The average Bonchev–Trinajstić information content (AvgIpc) is 3.38. The van der Waals surface area contributed by atoms with Crippen LogP contribution in [0, 0.1) is 11.3 Å². The number of nitrogens with one attached hydrogen (secondary N) is 3. The van der Waals surface area contributed by atoms with Crippen molar-refractivity contribution in [1.82, 2.24) is 15.9 Å². The minimum Gasteiger partial charge on any atom is -0.468 e. The lowest BCUT2D eigenvalue weighted by atomic mass is 10.1. The molecule has 142 valence electrons. The molecule has 0 radical (unpaired) electrons. The van der Waals surface area contributed by atoms with Crippen molar-refractivity contribution < 1.29 is 14.0 Å². The van der Waals surface area contributed by atoms with Crippen molar-refractivity contribution in [2.45, 2.75) is 18.5 Å². The van der Waals surface area contributed by atoms with E-state index in [1.165, 1.54) is 11.8 Å². The largest absolute Gasteiger partial charge is 0.468 e. The summed E-state index contributed by atoms with van der Waals surface area (Å²) in [6.45, 7) is 0. The minimum atomic E-state index is -0.420. The molecule has 0 aliphatic carbocycles. The van der Waals surface area contributed by atoms with Crippen LogP contribution in [0.5, 0.6) is 0 Å². The molecule has 2 aromatic rings. The van der Waals surface area contributed by atoms with Crippen molar-refractivity contribution in [2.24, 2.45) is 5.10 Å². The summed E-state index contributed by atoms with van der Waals surface area (Å²) in [6.07, 6.45) is 2.13. The maximum atomic E-state index is 12.2. The fraction of sp³-hybridized carbons (Fsp3) is 0.222. The maximum Gasteiger partial charge on any atom is 0.264 e. The van der Waals surface area contributed by atoms with Crippen LogP contribution in [-0.2, 0) is 9.59 Å². The molecule has 3 N–H and O–H groups in total. The lowest BCUT2D eigenvalue weighted by Gasteiger charge is -2.29. The van der Waals surface area contributed by atoms with Gasteiger partial charge in [0.25, 0.3) is 5.91 Å². The van der Waals surface area contributed by atoms with Crippen LogP contribution in [0.3, 0.4) is 0 Å². The van der Waals surface area contributed by atoms with Crippen molar-refractivity contribution >= 4 is 34.4 Å². The fourth-order valence-electron chi connectivity index (χ4n) is 3.01. The van der Waals surface area contributed by atoms with E-state index < -0.39 is 6.04 Å². The number of nitrogens with zero attached hydrogens (tertiary/aromatic N) is 3. The van der Waals surface area contributed by atoms with Crippen LogP contribution in [0.15, 0.2) is 52.2 Å². The van der Waals surface area contributed by atoms with E-state index >= 15 is 0 Å². The van der Waals surface area contributed by atoms with Crippen LogP contribution in [0.25, 0.3) is 0 Å². The van der Waals surface area contributed by atoms with Gasteiger partial charge in [0.15, 0.2) is 5.17 Å². The monoisotopic (exact) mass is 396 g/mol. The zero-order chi connectivity index (χ0) is 19.5. The summed E-state index contributed by atoms with van der Waals surface area (Å²) in [5, 5.41) is 17.8. The number of rotatable bonds is 4. The summed E-state index contributed by atoms with van der Waals surface area (Å²) in [7, 11) is 0. The van der Waals surface area contributed by atoms with Crippen molar-refractivity contribution in [3.63, 3.8) is 0 Å². The second-order valence-corrected chi connectivity index (χ2v) is 7.16. The Morgan fingerprint density at radius 1 is 1.39 bits per heavy atom. The number of hydrazine groups is 1. The van der Waals surface area contributed by atoms with Gasteiger partial charge >= 0.3 is 0 Å². The van der Waals surface area contributed by atoms with E-state index in [2.05, 4.69) is 21.3 Å². The highest BCUT2D eigenvalue weighted by atomic mass is 32.2. The Morgan fingerprint density at radius 2 is 2.21 bits per heavy atom. The molecule has 10 heteroatoms. The summed E-state index contributed by atoms with van der Waals surface area (Å²) < 4.78 is 5.42. The summed E-state index contributed by atoms with van der Waals surface area (Å²) in [4.78, 5) is 24.4. The van der Waals surface area contributed by atoms with Crippen LogP contribution in [0.4, 0.5) is 5.69 Å². The number of thioether (sulfide) groups is 1. The minimum absolute atomic E-state index is 0.116. The van der Waals surface area contributed by atoms with E-state index in [1.54, 1.807) is 41.6 Å². The predicted octanol–water partition coefficient (Wildman–Crippen LogP) is 1.54. The number of amidine groups is 1. The molecule has 2 unspecified atom stereocenters. The molecule has 1 saturated heterocycles. The lowest BCUT2D eigenvalue weighted by molar-refractivity contribution is -0.125. The third-order valence-electron chi connectivity index (χ3n) is 4.35. The Bertz CT molecular complexity index is 951. The molecule has 0 spiro atoms. The predicted molar refractivity (Wildman–Crippen MR) is 103 cm³/mol. The van der Waals surface area contributed by atoms with Gasteiger partial charge in [-0.2, -0.15) is 5.26 Å². The SMILES string of the molecule is N#Cc1ccc(NC(=O)CSC2=NNC(=O)C3CC(c4ccco4)NN23)cc1. The van der Waals surface area contributed by atoms with Gasteiger partial charge in [0, 0.05) is 12.1 Å². The second-order valence-electron chi connectivity index (χ2n) is 6.22. The molecule has 4 rings (SSSR count). The molecule has 2 aliphatic heterocycles. The number of furan rings is 1. The van der Waals surface area contributed by atoms with E-state index in [0.29, 0.717) is 22.8 Å². The van der Waals surface area contributed by atoms with E-state index in [4.69, 9.17) is 9.68 Å². The third kappa shape index (κ3) is 3.71. The Balaban J connectivity index is 1.36. The molecule has 28 heavy (non-hydrogen) atoms. The van der Waals surface area contributed by atoms with Gasteiger partial charge in [0.2, 0.25) is 5.91 Å². The van der Waals surface area contributed by atoms with Gasteiger partial charge in [-0.25, -0.2) is 10.9 Å². The summed E-state index contributed by atoms with van der Waals surface area (Å²) in [5.41, 5.74) is 6.87. The summed E-state index contributed by atoms with van der Waals surface area (Å²) in [6, 6.07) is 11.7. The van der Waals surface area contributed by atoms with Crippen molar-refractivity contribution in [3.8, 4) is 6.07 Å². The molecular formula is C18H16N6O3S. The van der Waals surface area contributed by atoms with Crippen LogP contribution in [-0.4, -0.2) is 33.8 Å². The Kier molecular flexibility index (Phi) is 5.01. The first-order chi connectivity index (χ1) is 13.6. The molecular weight excluding hydrogens is 380 g/mol. The van der Waals surface area contributed by atoms with E-state index in [1.807, 2.05) is 12.1 Å². The number of carbonyl (C=O) groups excluding carboxylic acids is 2. The zero-order valence-corrected chi connectivity index (χ0v) is 15.4. The Hall–Kier alpha value is -3.29. The number of hydrogen-bond donors (Lipinski definition) is 3. The Labute approximate surface area is 164 Å². The van der Waals surface area contributed by atoms with E-state index in [0.717, 1.165) is 5.76 Å². The number of anilines is 1. The van der Waals surface area contributed by atoms with Crippen molar-refractivity contribution in [1.29, 1.82) is 5.26 Å². The molecule has 1 aromatic heterocycles. The molecule has 9 nitrogen and oxygen atoms in total. The van der Waals surface area contributed by atoms with Gasteiger partial charge in [-0.1, -0.05) is 11.8 Å². The van der Waals surface area contributed by atoms with E-state index in [9.17, 15) is 9.59 Å². The number of benzene rings is 1. The molecule has 0 bridgehead atoms. The number of amides is 2. The zero-order valence-electron chi connectivity index (χ0n) is 14.6. The fourth-order valence-corrected chi connectivity index (χ4v) is 3.77. The molecule has 1 fully saturated rings. The average molecular weight is 396 g/mol. The standard InChI is InChI=1S/C18H16N6O3S/c19-9-11-3-5-12(6-4-11)20-16(25)10-28-18-22-21-17(26)14-8-13(23-24(14)18)15-2-1-7-27-15/h1-7,13-14,23H,8,10H2,(H,20,25)(H,21,26). The number of nitriles is 1. The van der Waals surface area contributed by atoms with Gasteiger partial charge in [0.1, 0.15) is 11.8 Å². The first kappa shape index (κ1) is 18.1. The summed E-state index contributed by atoms with van der Waals surface area (Å²) >= 11 is 1.21. The third-order valence-corrected chi connectivity index (χ3v) is 5.31. The molecule has 0 saturated carbocycles. The molecule has 1 aromatic carbocycles. The smallest absolute Gasteiger partial charge is 0.264 e. The lowest BCUT2D eigenvalue weighted by Crippen LogP contribution is -2.52. The molecule has 2 atom stereocenters. The normalized spacial score (nSPS) is 20.8. The van der Waals surface area contributed by atoms with Crippen LogP contribution in [0.1, 0.15) is 23.8 Å². The molecule has 2 aliphatic rings. The quantitative estimate of drug-likeness (QED) is 0.716.